The molecule has 40 valence electrons. The van der Waals surface area contributed by atoms with Gasteiger partial charge in [0.2, 0.25) is 0 Å². The van der Waals surface area contributed by atoms with Gasteiger partial charge in [-0.3, -0.25) is 11.2 Å². The van der Waals surface area contributed by atoms with Gasteiger partial charge in [0.05, 0.1) is 0 Å². The Kier molecular flexibility index (Phi) is 7.52. The summed E-state index contributed by atoms with van der Waals surface area (Å²) >= 11 is 0. The molecule has 0 spiro atoms. The van der Waals surface area contributed by atoms with Crippen molar-refractivity contribution >= 4 is 5.97 Å². The molecule has 0 aliphatic rings. The van der Waals surface area contributed by atoms with Crippen molar-refractivity contribution in [3.05, 3.63) is 6.42 Å². The van der Waals surface area contributed by atoms with Crippen LogP contribution in [0, 0.1) is 6.42 Å². The standard InChI is InChI=1S/C3H5O2.Cu/c1-2-3(4)5;/h2H,1H3,(H,4,5);/q-1;+1. The van der Waals surface area contributed by atoms with E-state index < -0.39 is 5.97 Å². The van der Waals surface area contributed by atoms with Gasteiger partial charge in [0.1, 0.15) is 0 Å². The van der Waals surface area contributed by atoms with Crippen LogP contribution in [0.3, 0.4) is 0 Å². The normalized spacial score (nSPS) is 5.50. The Morgan fingerprint density at radius 3 is 2.00 bits per heavy atom. The molecule has 0 saturated carbocycles. The first-order valence-corrected chi connectivity index (χ1v) is 1.29. The molecule has 6 heavy (non-hydrogen) atoms. The molecule has 0 aliphatic heterocycles. The Bertz CT molecular complexity index is 44.1. The molecule has 0 unspecified atom stereocenters. The van der Waals surface area contributed by atoms with Crippen molar-refractivity contribution in [1.82, 2.24) is 0 Å². The number of carboxylic acids is 1. The Morgan fingerprint density at radius 2 is 2.00 bits per heavy atom. The van der Waals surface area contributed by atoms with E-state index in [-0.39, 0.29) is 17.1 Å². The van der Waals surface area contributed by atoms with E-state index in [4.69, 9.17) is 5.11 Å². The van der Waals surface area contributed by atoms with Crippen molar-refractivity contribution in [3.8, 4) is 0 Å². The predicted octanol–water partition coefficient (Wildman–Crippen LogP) is 0.293. The maximum atomic E-state index is 9.31. The van der Waals surface area contributed by atoms with Gasteiger partial charge in [-0.25, -0.2) is 0 Å². The van der Waals surface area contributed by atoms with Crippen molar-refractivity contribution in [2.75, 3.05) is 0 Å². The fourth-order valence-corrected chi connectivity index (χ4v) is 0. The molecule has 0 aromatic carbocycles. The summed E-state index contributed by atoms with van der Waals surface area (Å²) in [4.78, 5) is 9.31. The molecule has 0 aliphatic carbocycles. The van der Waals surface area contributed by atoms with Gasteiger partial charge in [0, 0.05) is 0 Å². The molecule has 2 nitrogen and oxygen atoms in total. The molecule has 0 fully saturated rings. The minimum absolute atomic E-state index is 0. The van der Waals surface area contributed by atoms with Crippen LogP contribution in [0.5, 0.6) is 0 Å². The Balaban J connectivity index is 0. The van der Waals surface area contributed by atoms with Crippen LogP contribution in [0.2, 0.25) is 0 Å². The molecule has 0 atom stereocenters. The summed E-state index contributed by atoms with van der Waals surface area (Å²) in [6.07, 6.45) is 1.08. The largest absolute Gasteiger partial charge is 1.00 e. The monoisotopic (exact) mass is 136 g/mol. The molecule has 0 saturated heterocycles. The first-order valence-electron chi connectivity index (χ1n) is 1.29. The zero-order valence-corrected chi connectivity index (χ0v) is 4.18. The van der Waals surface area contributed by atoms with Crippen molar-refractivity contribution in [1.29, 1.82) is 0 Å². The maximum Gasteiger partial charge on any atom is 1.00 e. The number of rotatable bonds is 1. The van der Waals surface area contributed by atoms with E-state index in [1.54, 1.807) is 0 Å². The van der Waals surface area contributed by atoms with Crippen molar-refractivity contribution in [3.63, 3.8) is 0 Å². The molecule has 0 radical (unpaired) electrons. The summed E-state index contributed by atoms with van der Waals surface area (Å²) in [6.45, 7) is 1.47. The topological polar surface area (TPSA) is 37.3 Å². The molecule has 0 amide bonds. The summed E-state index contributed by atoms with van der Waals surface area (Å²) in [5.41, 5.74) is 0. The van der Waals surface area contributed by atoms with Crippen LogP contribution in [-0.4, -0.2) is 11.1 Å². The average molecular weight is 137 g/mol. The van der Waals surface area contributed by atoms with E-state index in [9.17, 15) is 4.79 Å². The summed E-state index contributed by atoms with van der Waals surface area (Å²) < 4.78 is 0. The van der Waals surface area contributed by atoms with Crippen LogP contribution < -0.4 is 0 Å². The van der Waals surface area contributed by atoms with Gasteiger partial charge in [0.15, 0.2) is 5.97 Å². The second-order valence-electron chi connectivity index (χ2n) is 0.627. The average Bonchev–Trinajstić information content (AvgIpc) is 1.38. The fraction of sp³-hybridized carbons (Fsp3) is 0.333. The van der Waals surface area contributed by atoms with Gasteiger partial charge >= 0.3 is 17.1 Å². The zero-order chi connectivity index (χ0) is 4.28. The fourth-order valence-electron chi connectivity index (χ4n) is 0. The van der Waals surface area contributed by atoms with Gasteiger partial charge in [-0.2, -0.15) is 6.92 Å². The van der Waals surface area contributed by atoms with Gasteiger partial charge in [0.25, 0.3) is 0 Å². The smallest absolute Gasteiger partial charge is 0.503 e. The molecular weight excluding hydrogens is 132 g/mol. The van der Waals surface area contributed by atoms with E-state index in [0.717, 1.165) is 6.42 Å². The molecule has 0 bridgehead atoms. The van der Waals surface area contributed by atoms with Crippen molar-refractivity contribution in [2.45, 2.75) is 6.92 Å². The molecular formula is C3H5CuO2. The summed E-state index contributed by atoms with van der Waals surface area (Å²) in [5, 5.41) is 7.67. The van der Waals surface area contributed by atoms with Crippen LogP contribution in [0.1, 0.15) is 6.92 Å². The van der Waals surface area contributed by atoms with E-state index in [1.165, 1.54) is 6.92 Å². The molecule has 0 aromatic heterocycles. The first kappa shape index (κ1) is 9.29. The minimum atomic E-state index is -0.870. The maximum absolute atomic E-state index is 9.31. The Morgan fingerprint density at radius 1 is 1.83 bits per heavy atom. The second kappa shape index (κ2) is 4.86. The summed E-state index contributed by atoms with van der Waals surface area (Å²) in [6, 6.07) is 0. The summed E-state index contributed by atoms with van der Waals surface area (Å²) in [7, 11) is 0. The van der Waals surface area contributed by atoms with E-state index in [0.29, 0.717) is 0 Å². The first-order chi connectivity index (χ1) is 2.27. The number of hydrogen-bond acceptors (Lipinski definition) is 1. The minimum Gasteiger partial charge on any atom is -0.503 e. The van der Waals surface area contributed by atoms with E-state index in [1.807, 2.05) is 0 Å². The van der Waals surface area contributed by atoms with Gasteiger partial charge in [-0.1, -0.05) is 0 Å². The molecule has 1 N–H and O–H groups in total. The van der Waals surface area contributed by atoms with Crippen LogP contribution in [0.15, 0.2) is 0 Å². The number of carbonyl (C=O) groups is 1. The van der Waals surface area contributed by atoms with Gasteiger partial charge in [-0.05, 0) is 0 Å². The predicted molar refractivity (Wildman–Crippen MR) is 17.6 cm³/mol. The zero-order valence-electron chi connectivity index (χ0n) is 3.23. The SMILES string of the molecule is C[CH-]C(=O)O.[Cu+]. The molecule has 3 heteroatoms. The number of carboxylic acid groups (broad SMARTS) is 1. The third-order valence-corrected chi connectivity index (χ3v) is 0.247. The molecule has 0 rings (SSSR count). The number of hydrogen-bond donors (Lipinski definition) is 1. The van der Waals surface area contributed by atoms with Crippen molar-refractivity contribution in [2.24, 2.45) is 0 Å². The van der Waals surface area contributed by atoms with Crippen LogP contribution in [-0.2, 0) is 21.9 Å². The third-order valence-electron chi connectivity index (χ3n) is 0.247. The molecule has 0 heterocycles. The van der Waals surface area contributed by atoms with E-state index in [2.05, 4.69) is 0 Å². The quantitative estimate of drug-likeness (QED) is 0.416. The molecule has 0 aromatic rings. The number of aliphatic carboxylic acids is 1. The third kappa shape index (κ3) is 9.13. The van der Waals surface area contributed by atoms with Gasteiger partial charge < -0.3 is 5.11 Å². The summed E-state index contributed by atoms with van der Waals surface area (Å²) in [5.74, 6) is -0.870. The van der Waals surface area contributed by atoms with Gasteiger partial charge in [-0.15, -0.1) is 0 Å². The van der Waals surface area contributed by atoms with E-state index >= 15 is 0 Å². The second-order valence-corrected chi connectivity index (χ2v) is 0.627. The van der Waals surface area contributed by atoms with Crippen molar-refractivity contribution < 1.29 is 27.0 Å². The van der Waals surface area contributed by atoms with Crippen LogP contribution in [0.4, 0.5) is 0 Å². The Labute approximate surface area is 47.0 Å². The Hall–Kier alpha value is -0.141. The van der Waals surface area contributed by atoms with Crippen LogP contribution >= 0.6 is 0 Å². The van der Waals surface area contributed by atoms with Crippen LogP contribution in [0.25, 0.3) is 0 Å².